The highest BCUT2D eigenvalue weighted by Gasteiger charge is 2.13. The largest absolute Gasteiger partial charge is 0.493 e. The third kappa shape index (κ3) is 6.06. The molecule has 7 heteroatoms. The lowest BCUT2D eigenvalue weighted by atomic mass is 10.1. The molecule has 1 rings (SSSR count). The first-order valence-electron chi connectivity index (χ1n) is 7.35. The summed E-state index contributed by atoms with van der Waals surface area (Å²) in [5.41, 5.74) is 6.02. The highest BCUT2D eigenvalue weighted by atomic mass is 16.5. The van der Waals surface area contributed by atoms with Crippen molar-refractivity contribution in [1.82, 2.24) is 5.32 Å². The number of aryl methyl sites for hydroxylation is 1. The van der Waals surface area contributed by atoms with Gasteiger partial charge in [0.05, 0.1) is 21.3 Å². The second-order valence-corrected chi connectivity index (χ2v) is 4.95. The van der Waals surface area contributed by atoms with Gasteiger partial charge in [-0.25, -0.2) is 0 Å². The van der Waals surface area contributed by atoms with Crippen molar-refractivity contribution in [2.75, 3.05) is 27.9 Å². The second kappa shape index (κ2) is 9.55. The van der Waals surface area contributed by atoms with Crippen molar-refractivity contribution in [3.63, 3.8) is 0 Å². The summed E-state index contributed by atoms with van der Waals surface area (Å²) < 4.78 is 15.9. The number of primary amides is 1. The maximum atomic E-state index is 11.5. The van der Waals surface area contributed by atoms with Gasteiger partial charge < -0.3 is 25.3 Å². The Labute approximate surface area is 136 Å². The zero-order chi connectivity index (χ0) is 17.2. The van der Waals surface area contributed by atoms with Gasteiger partial charge >= 0.3 is 0 Å². The summed E-state index contributed by atoms with van der Waals surface area (Å²) >= 11 is 0. The highest BCUT2D eigenvalue weighted by Crippen LogP contribution is 2.38. The topological polar surface area (TPSA) is 99.9 Å². The van der Waals surface area contributed by atoms with E-state index in [9.17, 15) is 9.59 Å². The maximum absolute atomic E-state index is 11.5. The molecule has 0 heterocycles. The van der Waals surface area contributed by atoms with E-state index >= 15 is 0 Å². The first-order valence-corrected chi connectivity index (χ1v) is 7.35. The zero-order valence-electron chi connectivity index (χ0n) is 13.8. The van der Waals surface area contributed by atoms with Crippen molar-refractivity contribution in [2.45, 2.75) is 25.7 Å². The molecule has 7 nitrogen and oxygen atoms in total. The predicted molar refractivity (Wildman–Crippen MR) is 85.9 cm³/mol. The van der Waals surface area contributed by atoms with E-state index in [1.807, 2.05) is 12.1 Å². The summed E-state index contributed by atoms with van der Waals surface area (Å²) in [6, 6.07) is 3.77. The minimum Gasteiger partial charge on any atom is -0.493 e. The Morgan fingerprint density at radius 1 is 1.04 bits per heavy atom. The van der Waals surface area contributed by atoms with Gasteiger partial charge in [0.15, 0.2) is 11.5 Å². The van der Waals surface area contributed by atoms with E-state index in [4.69, 9.17) is 19.9 Å². The van der Waals surface area contributed by atoms with Gasteiger partial charge in [-0.3, -0.25) is 9.59 Å². The molecule has 0 fully saturated rings. The van der Waals surface area contributed by atoms with Crippen LogP contribution in [0.4, 0.5) is 0 Å². The number of benzene rings is 1. The molecule has 0 aliphatic heterocycles. The van der Waals surface area contributed by atoms with Crippen LogP contribution in [0.5, 0.6) is 17.2 Å². The number of carbonyl (C=O) groups excluding carboxylic acids is 2. The molecule has 3 N–H and O–H groups in total. The smallest absolute Gasteiger partial charge is 0.220 e. The van der Waals surface area contributed by atoms with E-state index in [-0.39, 0.29) is 18.7 Å². The Morgan fingerprint density at radius 3 is 2.13 bits per heavy atom. The van der Waals surface area contributed by atoms with Gasteiger partial charge in [0.2, 0.25) is 17.6 Å². The molecule has 2 amide bonds. The molecule has 0 aliphatic carbocycles. The average Bonchev–Trinajstić information content (AvgIpc) is 2.55. The van der Waals surface area contributed by atoms with Gasteiger partial charge in [0.1, 0.15) is 0 Å². The van der Waals surface area contributed by atoms with Gasteiger partial charge in [-0.05, 0) is 30.5 Å². The normalized spacial score (nSPS) is 10.0. The number of rotatable bonds is 10. The molecule has 23 heavy (non-hydrogen) atoms. The highest BCUT2D eigenvalue weighted by molar-refractivity contribution is 5.82. The Bertz CT molecular complexity index is 520. The van der Waals surface area contributed by atoms with Crippen molar-refractivity contribution < 1.29 is 23.8 Å². The summed E-state index contributed by atoms with van der Waals surface area (Å²) in [4.78, 5) is 22.1. The number of hydrogen-bond acceptors (Lipinski definition) is 5. The average molecular weight is 324 g/mol. The summed E-state index contributed by atoms with van der Waals surface area (Å²) in [5, 5.41) is 2.75. The summed E-state index contributed by atoms with van der Waals surface area (Å²) in [6.45, 7) is 0.522. The molecule has 1 aromatic rings. The van der Waals surface area contributed by atoms with Crippen molar-refractivity contribution >= 4 is 11.8 Å². The van der Waals surface area contributed by atoms with E-state index in [0.717, 1.165) is 18.4 Å². The van der Waals surface area contributed by atoms with E-state index in [2.05, 4.69) is 5.32 Å². The van der Waals surface area contributed by atoms with Gasteiger partial charge in [-0.15, -0.1) is 0 Å². The number of ether oxygens (including phenoxy) is 3. The van der Waals surface area contributed by atoms with Crippen LogP contribution in [0.3, 0.4) is 0 Å². The number of hydrogen-bond donors (Lipinski definition) is 2. The lowest BCUT2D eigenvalue weighted by Gasteiger charge is -2.14. The molecule has 0 bridgehead atoms. The molecule has 0 saturated carbocycles. The standard InChI is InChI=1S/C16H24N2O5/c1-21-12-9-11(10-13(22-2)16(12)23-3)5-4-8-18-15(20)7-6-14(17)19/h9-10H,4-8H2,1-3H3,(H2,17,19)(H,18,20). The fourth-order valence-corrected chi connectivity index (χ4v) is 2.13. The number of methoxy groups -OCH3 is 3. The van der Waals surface area contributed by atoms with E-state index in [1.165, 1.54) is 0 Å². The van der Waals surface area contributed by atoms with Crippen LogP contribution in [0.15, 0.2) is 12.1 Å². The van der Waals surface area contributed by atoms with Crippen LogP contribution in [0.2, 0.25) is 0 Å². The molecular weight excluding hydrogens is 300 g/mol. The molecule has 0 saturated heterocycles. The Balaban J connectivity index is 2.52. The van der Waals surface area contributed by atoms with Crippen molar-refractivity contribution in [2.24, 2.45) is 5.73 Å². The minimum absolute atomic E-state index is 0.0682. The minimum atomic E-state index is -0.474. The Hall–Kier alpha value is -2.44. The summed E-state index contributed by atoms with van der Waals surface area (Å²) in [5.74, 6) is 1.12. The second-order valence-electron chi connectivity index (χ2n) is 4.95. The number of amides is 2. The molecule has 0 atom stereocenters. The van der Waals surface area contributed by atoms with E-state index in [0.29, 0.717) is 23.8 Å². The molecule has 0 radical (unpaired) electrons. The van der Waals surface area contributed by atoms with Gasteiger partial charge in [-0.1, -0.05) is 0 Å². The van der Waals surface area contributed by atoms with Crippen LogP contribution in [-0.2, 0) is 16.0 Å². The zero-order valence-corrected chi connectivity index (χ0v) is 13.8. The van der Waals surface area contributed by atoms with Crippen LogP contribution < -0.4 is 25.3 Å². The number of nitrogens with two attached hydrogens (primary N) is 1. The van der Waals surface area contributed by atoms with Crippen LogP contribution in [0, 0.1) is 0 Å². The predicted octanol–water partition coefficient (Wildman–Crippen LogP) is 1.03. The summed E-state index contributed by atoms with van der Waals surface area (Å²) in [7, 11) is 4.70. The SMILES string of the molecule is COc1cc(CCCNC(=O)CCC(N)=O)cc(OC)c1OC. The van der Waals surface area contributed by atoms with E-state index < -0.39 is 5.91 Å². The third-order valence-electron chi connectivity index (χ3n) is 3.29. The lowest BCUT2D eigenvalue weighted by Crippen LogP contribution is -2.26. The third-order valence-corrected chi connectivity index (χ3v) is 3.29. The van der Waals surface area contributed by atoms with Gasteiger partial charge in [0.25, 0.3) is 0 Å². The molecule has 128 valence electrons. The maximum Gasteiger partial charge on any atom is 0.220 e. The van der Waals surface area contributed by atoms with Crippen LogP contribution in [0.25, 0.3) is 0 Å². The first kappa shape index (κ1) is 18.6. The quantitative estimate of drug-likeness (QED) is 0.626. The van der Waals surface area contributed by atoms with Crippen molar-refractivity contribution in [3.05, 3.63) is 17.7 Å². The number of nitrogens with one attached hydrogen (secondary N) is 1. The first-order chi connectivity index (χ1) is 11.0. The molecule has 0 spiro atoms. The fourth-order valence-electron chi connectivity index (χ4n) is 2.13. The van der Waals surface area contributed by atoms with Crippen LogP contribution >= 0.6 is 0 Å². The van der Waals surface area contributed by atoms with Crippen LogP contribution in [0.1, 0.15) is 24.8 Å². The monoisotopic (exact) mass is 324 g/mol. The van der Waals surface area contributed by atoms with Gasteiger partial charge in [0, 0.05) is 19.4 Å². The summed E-state index contributed by atoms with van der Waals surface area (Å²) in [6.07, 6.45) is 1.69. The van der Waals surface area contributed by atoms with E-state index in [1.54, 1.807) is 21.3 Å². The molecular formula is C16H24N2O5. The fraction of sp³-hybridized carbons (Fsp3) is 0.500. The lowest BCUT2D eigenvalue weighted by molar-refractivity contribution is -0.125. The van der Waals surface area contributed by atoms with Crippen molar-refractivity contribution in [1.29, 1.82) is 0 Å². The van der Waals surface area contributed by atoms with Crippen molar-refractivity contribution in [3.8, 4) is 17.2 Å². The van der Waals surface area contributed by atoms with Crippen LogP contribution in [-0.4, -0.2) is 39.7 Å². The van der Waals surface area contributed by atoms with Gasteiger partial charge in [-0.2, -0.15) is 0 Å². The Morgan fingerprint density at radius 2 is 1.65 bits per heavy atom. The Kier molecular flexibility index (Phi) is 7.73. The molecule has 1 aromatic carbocycles. The molecule has 0 aromatic heterocycles. The molecule has 0 aliphatic rings. The number of carbonyl (C=O) groups is 2. The molecule has 0 unspecified atom stereocenters.